The van der Waals surface area contributed by atoms with E-state index in [2.05, 4.69) is 40.5 Å². The molecule has 3 heterocycles. The Morgan fingerprint density at radius 2 is 1.71 bits per heavy atom. The molecule has 3 aromatic heterocycles. The molecule has 11 heteroatoms. The normalized spacial score (nSPS) is 13.0. The lowest BCUT2D eigenvalue weighted by molar-refractivity contribution is 0.0691. The summed E-state index contributed by atoms with van der Waals surface area (Å²) in [5.41, 5.74) is 0.906. The van der Waals surface area contributed by atoms with Crippen molar-refractivity contribution in [3.8, 4) is 0 Å². The Kier molecular flexibility index (Phi) is 4.54. The predicted octanol–water partition coefficient (Wildman–Crippen LogP) is 1.63. The fourth-order valence-corrected chi connectivity index (χ4v) is 2.50. The average Bonchev–Trinajstić information content (AvgIpc) is 3.54. The summed E-state index contributed by atoms with van der Waals surface area (Å²) in [6.45, 7) is 0. The highest BCUT2D eigenvalue weighted by molar-refractivity contribution is 6.08. The first kappa shape index (κ1) is 17.4. The van der Waals surface area contributed by atoms with Crippen LogP contribution in [0.25, 0.3) is 0 Å². The lowest BCUT2D eigenvalue weighted by atomic mass is 10.2. The SMILES string of the molecule is O=C(O)c1ncncc1NC(=O)c1nc(C2CC2)cnc1Nc1cncnc1. The van der Waals surface area contributed by atoms with Gasteiger partial charge in [-0.05, 0) is 12.8 Å². The van der Waals surface area contributed by atoms with Crippen LogP contribution in [0.4, 0.5) is 17.2 Å². The summed E-state index contributed by atoms with van der Waals surface area (Å²) in [6.07, 6.45) is 10.3. The van der Waals surface area contributed by atoms with Crippen molar-refractivity contribution in [3.63, 3.8) is 0 Å². The van der Waals surface area contributed by atoms with Gasteiger partial charge in [-0.15, -0.1) is 0 Å². The van der Waals surface area contributed by atoms with E-state index in [1.165, 1.54) is 24.9 Å². The third kappa shape index (κ3) is 3.72. The highest BCUT2D eigenvalue weighted by Crippen LogP contribution is 2.39. The van der Waals surface area contributed by atoms with Crippen LogP contribution in [0.2, 0.25) is 0 Å². The van der Waals surface area contributed by atoms with Crippen molar-refractivity contribution < 1.29 is 14.7 Å². The zero-order valence-electron chi connectivity index (χ0n) is 14.4. The van der Waals surface area contributed by atoms with Crippen molar-refractivity contribution >= 4 is 29.1 Å². The van der Waals surface area contributed by atoms with E-state index in [9.17, 15) is 14.7 Å². The second-order valence-corrected chi connectivity index (χ2v) is 6.06. The fraction of sp³-hybridized carbons (Fsp3) is 0.176. The minimum absolute atomic E-state index is 0.0217. The summed E-state index contributed by atoms with van der Waals surface area (Å²) in [5.74, 6) is -1.44. The number of aromatic carboxylic acids is 1. The molecule has 11 nitrogen and oxygen atoms in total. The van der Waals surface area contributed by atoms with E-state index >= 15 is 0 Å². The summed E-state index contributed by atoms with van der Waals surface area (Å²) >= 11 is 0. The summed E-state index contributed by atoms with van der Waals surface area (Å²) in [4.78, 5) is 48.2. The molecule has 1 fully saturated rings. The van der Waals surface area contributed by atoms with Crippen LogP contribution in [-0.2, 0) is 0 Å². The molecule has 0 aliphatic heterocycles. The van der Waals surface area contributed by atoms with Crippen molar-refractivity contribution in [2.45, 2.75) is 18.8 Å². The number of carboxylic acids is 1. The molecule has 1 aliphatic carbocycles. The van der Waals surface area contributed by atoms with Crippen LogP contribution in [-0.4, -0.2) is 46.9 Å². The van der Waals surface area contributed by atoms with E-state index in [0.29, 0.717) is 11.4 Å². The van der Waals surface area contributed by atoms with Crippen LogP contribution in [0.15, 0.2) is 37.4 Å². The molecule has 0 bridgehead atoms. The lowest BCUT2D eigenvalue weighted by Crippen LogP contribution is -2.20. The smallest absolute Gasteiger partial charge is 0.356 e. The minimum Gasteiger partial charge on any atom is -0.476 e. The summed E-state index contributed by atoms with van der Waals surface area (Å²) in [7, 11) is 0. The minimum atomic E-state index is -1.28. The van der Waals surface area contributed by atoms with Gasteiger partial charge in [-0.2, -0.15) is 0 Å². The fourth-order valence-electron chi connectivity index (χ4n) is 2.50. The Bertz CT molecular complexity index is 1040. The van der Waals surface area contributed by atoms with E-state index in [4.69, 9.17) is 0 Å². The van der Waals surface area contributed by atoms with Crippen LogP contribution < -0.4 is 10.6 Å². The molecule has 0 atom stereocenters. The van der Waals surface area contributed by atoms with E-state index in [0.717, 1.165) is 19.2 Å². The van der Waals surface area contributed by atoms with Crippen molar-refractivity contribution in [3.05, 3.63) is 54.5 Å². The van der Waals surface area contributed by atoms with Gasteiger partial charge >= 0.3 is 5.97 Å². The number of nitrogens with one attached hydrogen (secondary N) is 2. The van der Waals surface area contributed by atoms with Crippen LogP contribution in [0.5, 0.6) is 0 Å². The van der Waals surface area contributed by atoms with Crippen LogP contribution in [0, 0.1) is 0 Å². The van der Waals surface area contributed by atoms with Crippen molar-refractivity contribution in [2.24, 2.45) is 0 Å². The van der Waals surface area contributed by atoms with Crippen molar-refractivity contribution in [1.82, 2.24) is 29.9 Å². The molecule has 0 saturated heterocycles. The summed E-state index contributed by atoms with van der Waals surface area (Å²) in [6, 6.07) is 0. The first-order chi connectivity index (χ1) is 13.6. The number of carbonyl (C=O) groups is 2. The molecule has 4 rings (SSSR count). The van der Waals surface area contributed by atoms with Gasteiger partial charge in [0.25, 0.3) is 5.91 Å². The zero-order valence-corrected chi connectivity index (χ0v) is 14.4. The monoisotopic (exact) mass is 378 g/mol. The van der Waals surface area contributed by atoms with Gasteiger partial charge in [0.05, 0.1) is 41.9 Å². The van der Waals surface area contributed by atoms with E-state index in [1.807, 2.05) is 0 Å². The molecule has 3 aromatic rings. The maximum atomic E-state index is 12.9. The number of carboxylic acid groups (broad SMARTS) is 1. The second-order valence-electron chi connectivity index (χ2n) is 6.06. The third-order valence-electron chi connectivity index (χ3n) is 3.99. The molecule has 1 amide bonds. The molecule has 0 unspecified atom stereocenters. The number of amides is 1. The van der Waals surface area contributed by atoms with Gasteiger partial charge in [-0.1, -0.05) is 0 Å². The summed E-state index contributed by atoms with van der Waals surface area (Å²) < 4.78 is 0. The van der Waals surface area contributed by atoms with Gasteiger partial charge in [0.2, 0.25) is 0 Å². The molecule has 0 spiro atoms. The van der Waals surface area contributed by atoms with Gasteiger partial charge in [-0.25, -0.2) is 34.7 Å². The number of hydrogen-bond donors (Lipinski definition) is 3. The number of hydrogen-bond acceptors (Lipinski definition) is 9. The largest absolute Gasteiger partial charge is 0.476 e. The Morgan fingerprint density at radius 1 is 0.964 bits per heavy atom. The highest BCUT2D eigenvalue weighted by Gasteiger charge is 2.28. The van der Waals surface area contributed by atoms with Gasteiger partial charge in [0.15, 0.2) is 17.2 Å². The lowest BCUT2D eigenvalue weighted by Gasteiger charge is -2.12. The molecular formula is C17H14N8O3. The molecule has 140 valence electrons. The van der Waals surface area contributed by atoms with Gasteiger partial charge in [0, 0.05) is 5.92 Å². The summed E-state index contributed by atoms with van der Waals surface area (Å²) in [5, 5.41) is 14.7. The van der Waals surface area contributed by atoms with Gasteiger partial charge in [-0.3, -0.25) is 4.79 Å². The average molecular weight is 378 g/mol. The Balaban J connectivity index is 1.67. The maximum Gasteiger partial charge on any atom is 0.356 e. The number of anilines is 3. The molecule has 1 saturated carbocycles. The topological polar surface area (TPSA) is 156 Å². The van der Waals surface area contributed by atoms with E-state index in [-0.39, 0.29) is 28.8 Å². The van der Waals surface area contributed by atoms with Gasteiger partial charge in [0.1, 0.15) is 12.7 Å². The van der Waals surface area contributed by atoms with E-state index < -0.39 is 11.9 Å². The Labute approximate surface area is 158 Å². The molecule has 1 aliphatic rings. The molecule has 0 aromatic carbocycles. The quantitative estimate of drug-likeness (QED) is 0.576. The number of nitrogens with zero attached hydrogens (tertiary/aromatic N) is 6. The highest BCUT2D eigenvalue weighted by atomic mass is 16.4. The molecule has 0 radical (unpaired) electrons. The Hall–Kier alpha value is -4.02. The Morgan fingerprint density at radius 3 is 2.43 bits per heavy atom. The van der Waals surface area contributed by atoms with Crippen molar-refractivity contribution in [2.75, 3.05) is 10.6 Å². The van der Waals surface area contributed by atoms with Crippen LogP contribution in [0.1, 0.15) is 45.4 Å². The number of rotatable bonds is 6. The van der Waals surface area contributed by atoms with E-state index in [1.54, 1.807) is 6.20 Å². The molecule has 3 N–H and O–H groups in total. The predicted molar refractivity (Wildman–Crippen MR) is 96.3 cm³/mol. The third-order valence-corrected chi connectivity index (χ3v) is 3.99. The zero-order chi connectivity index (χ0) is 19.5. The van der Waals surface area contributed by atoms with Crippen LogP contribution >= 0.6 is 0 Å². The molecule has 28 heavy (non-hydrogen) atoms. The van der Waals surface area contributed by atoms with Gasteiger partial charge < -0.3 is 15.7 Å². The number of carbonyl (C=O) groups excluding carboxylic acids is 1. The maximum absolute atomic E-state index is 12.9. The number of aromatic nitrogens is 6. The van der Waals surface area contributed by atoms with Crippen molar-refractivity contribution in [1.29, 1.82) is 0 Å². The second kappa shape index (κ2) is 7.31. The first-order valence-corrected chi connectivity index (χ1v) is 8.35. The van der Waals surface area contributed by atoms with Crippen LogP contribution in [0.3, 0.4) is 0 Å². The standard InChI is InChI=1S/C17H14N8O3/c26-16(25-12-5-20-8-22-13(12)17(27)28)14-15(23-10-3-18-7-19-4-10)21-6-11(24-14)9-1-2-9/h3-9H,1-2H2,(H,21,23)(H,25,26)(H,27,28). The molecular weight excluding hydrogens is 364 g/mol. The first-order valence-electron chi connectivity index (χ1n) is 8.35.